The van der Waals surface area contributed by atoms with Crippen LogP contribution in [-0.2, 0) is 9.57 Å². The molecule has 1 N–H and O–H groups in total. The molecule has 0 fully saturated rings. The monoisotopic (exact) mass is 189 g/mol. The van der Waals surface area contributed by atoms with Crippen LogP contribution in [-0.4, -0.2) is 18.3 Å². The van der Waals surface area contributed by atoms with Gasteiger partial charge in [-0.2, -0.15) is 5.48 Å². The van der Waals surface area contributed by atoms with Crippen LogP contribution in [0.5, 0.6) is 0 Å². The van der Waals surface area contributed by atoms with Gasteiger partial charge in [0.1, 0.15) is 0 Å². The molecule has 0 saturated carbocycles. The molecule has 0 atom stereocenters. The predicted octanol–water partition coefficient (Wildman–Crippen LogP) is 2.10. The summed E-state index contributed by atoms with van der Waals surface area (Å²) in [6, 6.07) is 0. The van der Waals surface area contributed by atoms with Gasteiger partial charge in [0, 0.05) is 0 Å². The molecule has 4 heteroatoms. The molecule has 0 aliphatic heterocycles. The van der Waals surface area contributed by atoms with Gasteiger partial charge in [-0.25, -0.2) is 4.79 Å². The molecule has 0 bridgehead atoms. The van der Waals surface area contributed by atoms with E-state index in [1.54, 1.807) is 0 Å². The Bertz CT molecular complexity index is 161. The summed E-state index contributed by atoms with van der Waals surface area (Å²) < 4.78 is 4.82. The average molecular weight is 189 g/mol. The lowest BCUT2D eigenvalue weighted by molar-refractivity contribution is -0.0671. The molecular weight excluding hydrogens is 170 g/mol. The Kier molecular flexibility index (Phi) is 4.77. The number of ether oxygens (including phenoxy) is 1. The molecule has 0 heterocycles. The summed E-state index contributed by atoms with van der Waals surface area (Å²) >= 11 is 0. The van der Waals surface area contributed by atoms with Crippen molar-refractivity contribution in [1.29, 1.82) is 0 Å². The molecule has 0 rings (SSSR count). The van der Waals surface area contributed by atoms with Crippen molar-refractivity contribution in [3.63, 3.8) is 0 Å². The van der Waals surface area contributed by atoms with Crippen LogP contribution in [0.4, 0.5) is 4.79 Å². The second kappa shape index (κ2) is 5.07. The highest BCUT2D eigenvalue weighted by Gasteiger charge is 2.13. The quantitative estimate of drug-likeness (QED) is 0.691. The minimum Gasteiger partial charge on any atom is -0.448 e. The Morgan fingerprint density at radius 2 is 1.92 bits per heavy atom. The molecule has 0 spiro atoms. The fourth-order valence-corrected chi connectivity index (χ4v) is 0.467. The number of hydrogen-bond donors (Lipinski definition) is 1. The fourth-order valence-electron chi connectivity index (χ4n) is 0.467. The third-order valence-electron chi connectivity index (χ3n) is 0.988. The second-order valence-electron chi connectivity index (χ2n) is 4.31. The highest BCUT2D eigenvalue weighted by molar-refractivity contribution is 5.65. The third-order valence-corrected chi connectivity index (χ3v) is 0.988. The summed E-state index contributed by atoms with van der Waals surface area (Å²) in [6.07, 6.45) is -0.538. The van der Waals surface area contributed by atoms with Gasteiger partial charge in [-0.15, -0.1) is 0 Å². The molecule has 1 amide bonds. The largest absolute Gasteiger partial charge is 0.448 e. The highest BCUT2D eigenvalue weighted by Crippen LogP contribution is 2.03. The SMILES string of the molecule is CC(C)COC(=O)NOC(C)(C)C. The lowest BCUT2D eigenvalue weighted by Gasteiger charge is -2.18. The van der Waals surface area contributed by atoms with Crippen molar-refractivity contribution in [2.24, 2.45) is 5.92 Å². The van der Waals surface area contributed by atoms with E-state index in [0.717, 1.165) is 0 Å². The van der Waals surface area contributed by atoms with Crippen LogP contribution in [0.25, 0.3) is 0 Å². The van der Waals surface area contributed by atoms with Gasteiger partial charge < -0.3 is 4.74 Å². The summed E-state index contributed by atoms with van der Waals surface area (Å²) in [7, 11) is 0. The van der Waals surface area contributed by atoms with E-state index in [1.165, 1.54) is 0 Å². The van der Waals surface area contributed by atoms with Crippen LogP contribution < -0.4 is 5.48 Å². The maximum Gasteiger partial charge on any atom is 0.431 e. The number of carbonyl (C=O) groups excluding carboxylic acids is 1. The standard InChI is InChI=1S/C9H19NO3/c1-7(2)6-12-8(11)10-13-9(3,4)5/h7H,6H2,1-5H3,(H,10,11). The van der Waals surface area contributed by atoms with Crippen molar-refractivity contribution >= 4 is 6.09 Å². The molecule has 13 heavy (non-hydrogen) atoms. The number of nitrogens with one attached hydrogen (secondary N) is 1. The number of carbonyl (C=O) groups is 1. The van der Waals surface area contributed by atoms with E-state index in [2.05, 4.69) is 5.48 Å². The van der Waals surface area contributed by atoms with Crippen LogP contribution in [0.1, 0.15) is 34.6 Å². The minimum atomic E-state index is -0.538. The van der Waals surface area contributed by atoms with Gasteiger partial charge in [-0.3, -0.25) is 4.84 Å². The topological polar surface area (TPSA) is 47.6 Å². The van der Waals surface area contributed by atoms with Crippen LogP contribution in [0.15, 0.2) is 0 Å². The normalized spacial score (nSPS) is 11.5. The van der Waals surface area contributed by atoms with Crippen molar-refractivity contribution in [2.75, 3.05) is 6.61 Å². The third kappa shape index (κ3) is 9.14. The zero-order valence-corrected chi connectivity index (χ0v) is 9.01. The summed E-state index contributed by atoms with van der Waals surface area (Å²) in [5, 5.41) is 0. The van der Waals surface area contributed by atoms with Gasteiger partial charge in [0.2, 0.25) is 0 Å². The van der Waals surface area contributed by atoms with Crippen LogP contribution >= 0.6 is 0 Å². The predicted molar refractivity (Wildman–Crippen MR) is 50.2 cm³/mol. The zero-order valence-electron chi connectivity index (χ0n) is 9.01. The Morgan fingerprint density at radius 1 is 1.38 bits per heavy atom. The first kappa shape index (κ1) is 12.2. The number of hydroxylamine groups is 1. The first-order valence-corrected chi connectivity index (χ1v) is 4.42. The summed E-state index contributed by atoms with van der Waals surface area (Å²) in [6.45, 7) is 9.87. The average Bonchev–Trinajstić information content (AvgIpc) is 1.95. The van der Waals surface area contributed by atoms with E-state index >= 15 is 0 Å². The number of amides is 1. The first-order chi connectivity index (χ1) is 5.81. The van der Waals surface area contributed by atoms with Gasteiger partial charge in [0.25, 0.3) is 0 Å². The molecule has 0 unspecified atom stereocenters. The van der Waals surface area contributed by atoms with Crippen molar-refractivity contribution in [3.8, 4) is 0 Å². The van der Waals surface area contributed by atoms with E-state index in [-0.39, 0.29) is 0 Å². The van der Waals surface area contributed by atoms with Gasteiger partial charge in [-0.05, 0) is 26.7 Å². The van der Waals surface area contributed by atoms with E-state index < -0.39 is 11.7 Å². The zero-order chi connectivity index (χ0) is 10.5. The van der Waals surface area contributed by atoms with Crippen LogP contribution in [0.3, 0.4) is 0 Å². The molecule has 0 radical (unpaired) electrons. The maximum absolute atomic E-state index is 10.9. The van der Waals surface area contributed by atoms with Crippen molar-refractivity contribution in [1.82, 2.24) is 5.48 Å². The molecular formula is C9H19NO3. The highest BCUT2D eigenvalue weighted by atomic mass is 16.7. The van der Waals surface area contributed by atoms with Crippen LogP contribution in [0, 0.1) is 5.92 Å². The summed E-state index contributed by atoms with van der Waals surface area (Å²) in [5.74, 6) is 0.334. The molecule has 0 aromatic heterocycles. The Hall–Kier alpha value is -0.770. The molecule has 78 valence electrons. The maximum atomic E-state index is 10.9. The summed E-state index contributed by atoms with van der Waals surface area (Å²) in [5.41, 5.74) is 1.82. The molecule has 0 saturated heterocycles. The lowest BCUT2D eigenvalue weighted by Crippen LogP contribution is -2.34. The summed E-state index contributed by atoms with van der Waals surface area (Å²) in [4.78, 5) is 15.9. The van der Waals surface area contributed by atoms with Gasteiger partial charge in [0.15, 0.2) is 0 Å². The fraction of sp³-hybridized carbons (Fsp3) is 0.889. The van der Waals surface area contributed by atoms with Gasteiger partial charge >= 0.3 is 6.09 Å². The molecule has 0 aliphatic rings. The Balaban J connectivity index is 3.53. The number of hydrogen-bond acceptors (Lipinski definition) is 3. The second-order valence-corrected chi connectivity index (χ2v) is 4.31. The molecule has 0 aromatic carbocycles. The van der Waals surface area contributed by atoms with E-state index in [4.69, 9.17) is 9.57 Å². The molecule has 4 nitrogen and oxygen atoms in total. The van der Waals surface area contributed by atoms with Gasteiger partial charge in [-0.1, -0.05) is 13.8 Å². The molecule has 0 aliphatic carbocycles. The first-order valence-electron chi connectivity index (χ1n) is 4.42. The lowest BCUT2D eigenvalue weighted by atomic mass is 10.2. The van der Waals surface area contributed by atoms with Crippen molar-refractivity contribution in [3.05, 3.63) is 0 Å². The van der Waals surface area contributed by atoms with Gasteiger partial charge in [0.05, 0.1) is 12.2 Å². The van der Waals surface area contributed by atoms with Crippen molar-refractivity contribution < 1.29 is 14.4 Å². The Labute approximate surface area is 79.6 Å². The van der Waals surface area contributed by atoms with E-state index in [0.29, 0.717) is 12.5 Å². The van der Waals surface area contributed by atoms with Crippen LogP contribution in [0.2, 0.25) is 0 Å². The van der Waals surface area contributed by atoms with E-state index in [1.807, 2.05) is 34.6 Å². The van der Waals surface area contributed by atoms with E-state index in [9.17, 15) is 4.79 Å². The Morgan fingerprint density at radius 3 is 2.31 bits per heavy atom. The van der Waals surface area contributed by atoms with Crippen molar-refractivity contribution in [2.45, 2.75) is 40.2 Å². The minimum absolute atomic E-state index is 0.334. The smallest absolute Gasteiger partial charge is 0.431 e. The number of rotatable bonds is 3. The molecule has 0 aromatic rings.